The first-order valence-corrected chi connectivity index (χ1v) is 8.58. The number of ether oxygens (including phenoxy) is 1. The van der Waals surface area contributed by atoms with Gasteiger partial charge in [-0.3, -0.25) is 14.5 Å². The summed E-state index contributed by atoms with van der Waals surface area (Å²) in [4.78, 5) is 25.3. The minimum atomic E-state index is -0.293. The average Bonchev–Trinajstić information content (AvgIpc) is 2.52. The zero-order valence-corrected chi connectivity index (χ0v) is 15.0. The number of thiocarbonyl (C=S) groups is 1. The van der Waals surface area contributed by atoms with Gasteiger partial charge in [0.1, 0.15) is 0 Å². The monoisotopic (exact) mass is 351 g/mol. The van der Waals surface area contributed by atoms with E-state index in [1.54, 1.807) is 0 Å². The summed E-state index contributed by atoms with van der Waals surface area (Å²) in [5.41, 5.74) is 0.968. The van der Waals surface area contributed by atoms with Gasteiger partial charge in [0.25, 0.3) is 0 Å². The molecule has 1 unspecified atom stereocenters. The maximum absolute atomic E-state index is 12.5. The van der Waals surface area contributed by atoms with E-state index in [-0.39, 0.29) is 30.0 Å². The number of nitrogens with zero attached hydrogens (tertiary/aromatic N) is 1. The number of amides is 2. The second-order valence-electron chi connectivity index (χ2n) is 4.72. The normalized spacial score (nSPS) is 11.4. The summed E-state index contributed by atoms with van der Waals surface area (Å²) in [5, 5.41) is -0.200. The molecule has 1 rings (SSSR count). The Balaban J connectivity index is 2.91. The molecule has 0 saturated heterocycles. The molecule has 0 aliphatic heterocycles. The zero-order valence-electron chi connectivity index (χ0n) is 13.4. The van der Waals surface area contributed by atoms with Crippen molar-refractivity contribution < 1.29 is 14.3 Å². The van der Waals surface area contributed by atoms with E-state index in [1.165, 1.54) is 29.7 Å². The Hall–Kier alpha value is -1.66. The Morgan fingerprint density at radius 2 is 2.04 bits per heavy atom. The first kappa shape index (κ1) is 19.4. The van der Waals surface area contributed by atoms with Crippen molar-refractivity contribution >= 4 is 40.2 Å². The fourth-order valence-electron chi connectivity index (χ4n) is 1.97. The molecule has 6 heteroatoms. The van der Waals surface area contributed by atoms with Crippen LogP contribution >= 0.6 is 24.0 Å². The lowest BCUT2D eigenvalue weighted by Crippen LogP contribution is -2.35. The Labute approximate surface area is 146 Å². The third-order valence-electron chi connectivity index (χ3n) is 3.02. The molecule has 23 heavy (non-hydrogen) atoms. The number of thioether (sulfide) groups is 1. The molecule has 0 radical (unpaired) electrons. The lowest BCUT2D eigenvalue weighted by molar-refractivity contribution is -0.142. The number of hydrogen-bond donors (Lipinski definition) is 0. The van der Waals surface area contributed by atoms with Crippen molar-refractivity contribution in [2.45, 2.75) is 25.5 Å². The van der Waals surface area contributed by atoms with E-state index in [1.807, 2.05) is 37.3 Å². The van der Waals surface area contributed by atoms with E-state index < -0.39 is 0 Å². The molecule has 0 saturated carbocycles. The van der Waals surface area contributed by atoms with Gasteiger partial charge in [-0.2, -0.15) is 0 Å². The molecule has 0 N–H and O–H groups in total. The van der Waals surface area contributed by atoms with Crippen LogP contribution in [0.3, 0.4) is 0 Å². The van der Waals surface area contributed by atoms with Crippen molar-refractivity contribution in [3.8, 4) is 0 Å². The largest absolute Gasteiger partial charge is 0.479 e. The molecule has 1 atom stereocenters. The molecule has 0 bridgehead atoms. The Morgan fingerprint density at radius 3 is 2.57 bits per heavy atom. The van der Waals surface area contributed by atoms with E-state index in [2.05, 4.69) is 6.58 Å². The smallest absolute Gasteiger partial charge is 0.230 e. The van der Waals surface area contributed by atoms with Gasteiger partial charge in [0.05, 0.1) is 6.61 Å². The molecular formula is C17H21NO3S2. The third kappa shape index (κ3) is 6.54. The van der Waals surface area contributed by atoms with Crippen LogP contribution < -0.4 is 0 Å². The number of carbonyl (C=O) groups is 2. The molecule has 0 aliphatic rings. The standard InChI is InChI=1S/C17H21NO3S2/c1-4-11-18(13(3)19)16(20)12-15(23-17(22)21-5-2)14-9-7-6-8-10-14/h4,6-10,15H,1,5,11-12H2,2-3H3. The van der Waals surface area contributed by atoms with Crippen molar-refractivity contribution in [1.29, 1.82) is 0 Å². The van der Waals surface area contributed by atoms with E-state index >= 15 is 0 Å². The van der Waals surface area contributed by atoms with Crippen molar-refractivity contribution in [3.63, 3.8) is 0 Å². The Kier molecular flexibility index (Phi) is 8.58. The van der Waals surface area contributed by atoms with Crippen LogP contribution in [-0.2, 0) is 14.3 Å². The molecule has 1 aromatic carbocycles. The van der Waals surface area contributed by atoms with Crippen LogP contribution in [0.4, 0.5) is 0 Å². The minimum Gasteiger partial charge on any atom is -0.479 e. The highest BCUT2D eigenvalue weighted by Gasteiger charge is 2.24. The van der Waals surface area contributed by atoms with Gasteiger partial charge in [0.15, 0.2) is 0 Å². The molecule has 0 aliphatic carbocycles. The van der Waals surface area contributed by atoms with E-state index in [0.29, 0.717) is 11.0 Å². The van der Waals surface area contributed by atoms with Crippen LogP contribution in [0, 0.1) is 0 Å². The molecular weight excluding hydrogens is 330 g/mol. The summed E-state index contributed by atoms with van der Waals surface area (Å²) in [7, 11) is 0. The SMILES string of the molecule is C=CCN(C(C)=O)C(=O)CC(SC(=S)OCC)c1ccccc1. The van der Waals surface area contributed by atoms with Crippen LogP contribution in [-0.4, -0.2) is 34.2 Å². The summed E-state index contributed by atoms with van der Waals surface area (Å²) >= 11 is 6.51. The maximum Gasteiger partial charge on any atom is 0.230 e. The van der Waals surface area contributed by atoms with Gasteiger partial charge in [0, 0.05) is 25.1 Å². The van der Waals surface area contributed by atoms with Gasteiger partial charge in [-0.25, -0.2) is 0 Å². The zero-order chi connectivity index (χ0) is 17.2. The first-order chi connectivity index (χ1) is 11.0. The maximum atomic E-state index is 12.5. The topological polar surface area (TPSA) is 46.6 Å². The van der Waals surface area contributed by atoms with Gasteiger partial charge in [-0.1, -0.05) is 48.2 Å². The fraction of sp³-hybridized carbons (Fsp3) is 0.353. The fourth-order valence-corrected chi connectivity index (χ4v) is 3.37. The molecule has 0 fully saturated rings. The molecule has 0 aromatic heterocycles. The number of imide groups is 1. The second kappa shape index (κ2) is 10.2. The Morgan fingerprint density at radius 1 is 1.39 bits per heavy atom. The van der Waals surface area contributed by atoms with Crippen LogP contribution in [0.2, 0.25) is 0 Å². The highest BCUT2D eigenvalue weighted by molar-refractivity contribution is 8.22. The van der Waals surface area contributed by atoms with Crippen molar-refractivity contribution in [2.75, 3.05) is 13.2 Å². The van der Waals surface area contributed by atoms with E-state index in [0.717, 1.165) is 5.56 Å². The molecule has 124 valence electrons. The van der Waals surface area contributed by atoms with Crippen molar-refractivity contribution in [3.05, 3.63) is 48.6 Å². The van der Waals surface area contributed by atoms with Crippen LogP contribution in [0.1, 0.15) is 31.1 Å². The summed E-state index contributed by atoms with van der Waals surface area (Å²) in [5.74, 6) is -0.544. The average molecular weight is 351 g/mol. The summed E-state index contributed by atoms with van der Waals surface area (Å²) < 4.78 is 5.71. The van der Waals surface area contributed by atoms with E-state index in [9.17, 15) is 9.59 Å². The van der Waals surface area contributed by atoms with Crippen LogP contribution in [0.15, 0.2) is 43.0 Å². The highest BCUT2D eigenvalue weighted by Crippen LogP contribution is 2.34. The van der Waals surface area contributed by atoms with Crippen molar-refractivity contribution in [1.82, 2.24) is 4.90 Å². The number of benzene rings is 1. The quantitative estimate of drug-likeness (QED) is 0.553. The van der Waals surface area contributed by atoms with E-state index in [4.69, 9.17) is 17.0 Å². The van der Waals surface area contributed by atoms with Gasteiger partial charge in [-0.05, 0) is 24.7 Å². The van der Waals surface area contributed by atoms with Gasteiger partial charge in [0.2, 0.25) is 16.2 Å². The lowest BCUT2D eigenvalue weighted by Gasteiger charge is -2.22. The highest BCUT2D eigenvalue weighted by atomic mass is 32.2. The molecule has 0 spiro atoms. The minimum absolute atomic E-state index is 0.162. The predicted octanol–water partition coefficient (Wildman–Crippen LogP) is 3.73. The second-order valence-corrected chi connectivity index (χ2v) is 6.52. The van der Waals surface area contributed by atoms with Crippen LogP contribution in [0.25, 0.3) is 0 Å². The van der Waals surface area contributed by atoms with Gasteiger partial charge >= 0.3 is 0 Å². The summed E-state index contributed by atoms with van der Waals surface area (Å²) in [6, 6.07) is 9.59. The number of hydrogen-bond acceptors (Lipinski definition) is 5. The Bertz CT molecular complexity index is 560. The summed E-state index contributed by atoms with van der Waals surface area (Å²) in [6.07, 6.45) is 1.70. The molecule has 2 amide bonds. The first-order valence-electron chi connectivity index (χ1n) is 7.29. The number of rotatable bonds is 7. The summed E-state index contributed by atoms with van der Waals surface area (Å²) in [6.45, 7) is 7.50. The van der Waals surface area contributed by atoms with Gasteiger partial charge in [-0.15, -0.1) is 6.58 Å². The molecule has 0 heterocycles. The van der Waals surface area contributed by atoms with Crippen molar-refractivity contribution in [2.24, 2.45) is 0 Å². The predicted molar refractivity (Wildman–Crippen MR) is 98.2 cm³/mol. The molecule has 4 nitrogen and oxygen atoms in total. The van der Waals surface area contributed by atoms with Crippen LogP contribution in [0.5, 0.6) is 0 Å². The third-order valence-corrected chi connectivity index (χ3v) is 4.47. The number of carbonyl (C=O) groups excluding carboxylic acids is 2. The molecule has 1 aromatic rings. The lowest BCUT2D eigenvalue weighted by atomic mass is 10.1. The van der Waals surface area contributed by atoms with Gasteiger partial charge < -0.3 is 4.74 Å².